The first-order valence-corrected chi connectivity index (χ1v) is 16.9. The molecule has 1 aliphatic carbocycles. The summed E-state index contributed by atoms with van der Waals surface area (Å²) in [5, 5.41) is 0. The second-order valence-corrected chi connectivity index (χ2v) is 16.8. The first-order chi connectivity index (χ1) is 16.5. The van der Waals surface area contributed by atoms with E-state index >= 15 is 0 Å². The largest absolute Gasteiger partial charge is 0.293 e. The number of halogens is 2. The molecule has 0 aliphatic heterocycles. The van der Waals surface area contributed by atoms with Gasteiger partial charge in [0.2, 0.25) is 0 Å². The van der Waals surface area contributed by atoms with Crippen LogP contribution < -0.4 is 0 Å². The lowest BCUT2D eigenvalue weighted by Crippen LogP contribution is -2.39. The van der Waals surface area contributed by atoms with Crippen LogP contribution in [-0.2, 0) is 5.41 Å². The van der Waals surface area contributed by atoms with Crippen LogP contribution in [0.2, 0.25) is 0 Å². The molecule has 2 atom stereocenters. The molecule has 2 unspecified atom stereocenters. The predicted molar refractivity (Wildman–Crippen MR) is 163 cm³/mol. The van der Waals surface area contributed by atoms with Gasteiger partial charge in [0, 0.05) is 5.56 Å². The van der Waals surface area contributed by atoms with E-state index in [1.807, 2.05) is 11.3 Å². The topological polar surface area (TPSA) is 17.1 Å². The Hall–Kier alpha value is 0.0300. The van der Waals surface area contributed by atoms with Gasteiger partial charge in [-0.25, -0.2) is 0 Å². The molecule has 1 nitrogen and oxygen atoms in total. The standard InChI is InChI=1S/C30H44Br2OS2/c1-19(2)9-7-11-21(5)13-15-30(16-14-22(6)12-8-10-20(3)4)24-18-26(32)35-28(24)27-23(29(30)33)17-25(31)34-27/h17-22H,7-16H2,1-6H3. The maximum atomic E-state index is 14.3. The summed E-state index contributed by atoms with van der Waals surface area (Å²) in [6.45, 7) is 14.1. The molecule has 35 heavy (non-hydrogen) atoms. The van der Waals surface area contributed by atoms with Gasteiger partial charge in [-0.3, -0.25) is 4.79 Å². The van der Waals surface area contributed by atoms with Gasteiger partial charge in [0.05, 0.1) is 22.7 Å². The van der Waals surface area contributed by atoms with E-state index in [0.29, 0.717) is 17.6 Å². The average Bonchev–Trinajstić information content (AvgIpc) is 3.35. The molecule has 0 N–H and O–H groups in total. The number of fused-ring (bicyclic) bond motifs is 3. The summed E-state index contributed by atoms with van der Waals surface area (Å²) in [5.74, 6) is 3.22. The molecule has 0 bridgehead atoms. The molecule has 2 aromatic heterocycles. The first-order valence-electron chi connectivity index (χ1n) is 13.7. The van der Waals surface area contributed by atoms with Crippen molar-refractivity contribution < 1.29 is 4.79 Å². The Bertz CT molecular complexity index is 947. The number of carbonyl (C=O) groups is 1. The summed E-state index contributed by atoms with van der Waals surface area (Å²) in [6.07, 6.45) is 11.9. The van der Waals surface area contributed by atoms with Crippen LogP contribution in [-0.4, -0.2) is 5.78 Å². The third kappa shape index (κ3) is 7.54. The van der Waals surface area contributed by atoms with E-state index in [4.69, 9.17) is 0 Å². The van der Waals surface area contributed by atoms with Crippen molar-refractivity contribution in [2.75, 3.05) is 0 Å². The second-order valence-electron chi connectivity index (χ2n) is 11.9. The van der Waals surface area contributed by atoms with Crippen LogP contribution in [0.25, 0.3) is 9.75 Å². The number of hydrogen-bond donors (Lipinski definition) is 0. The van der Waals surface area contributed by atoms with E-state index < -0.39 is 0 Å². The van der Waals surface area contributed by atoms with Crippen LogP contribution in [0.1, 0.15) is 122 Å². The molecule has 3 rings (SSSR count). The summed E-state index contributed by atoms with van der Waals surface area (Å²) >= 11 is 11.0. The first kappa shape index (κ1) is 29.6. The summed E-state index contributed by atoms with van der Waals surface area (Å²) in [4.78, 5) is 16.8. The van der Waals surface area contributed by atoms with Crippen molar-refractivity contribution in [2.24, 2.45) is 23.7 Å². The van der Waals surface area contributed by atoms with Crippen LogP contribution >= 0.6 is 54.5 Å². The third-order valence-electron chi connectivity index (χ3n) is 7.89. The zero-order valence-corrected chi connectivity index (χ0v) is 27.3. The number of rotatable bonds is 14. The molecule has 5 heteroatoms. The Morgan fingerprint density at radius 2 is 1.20 bits per heavy atom. The molecule has 0 fully saturated rings. The zero-order chi connectivity index (χ0) is 25.8. The Morgan fingerprint density at radius 3 is 1.71 bits per heavy atom. The monoisotopic (exact) mass is 642 g/mol. The van der Waals surface area contributed by atoms with Crippen LogP contribution in [0, 0.1) is 23.7 Å². The molecule has 0 radical (unpaired) electrons. The van der Waals surface area contributed by atoms with Crippen molar-refractivity contribution in [3.63, 3.8) is 0 Å². The summed E-state index contributed by atoms with van der Waals surface area (Å²) < 4.78 is 2.21. The van der Waals surface area contributed by atoms with Gasteiger partial charge in [-0.1, -0.05) is 80.1 Å². The van der Waals surface area contributed by atoms with Gasteiger partial charge in [0.15, 0.2) is 5.78 Å². The minimum absolute atomic E-state index is 0.371. The normalized spacial score (nSPS) is 19.3. The van der Waals surface area contributed by atoms with Crippen molar-refractivity contribution in [1.29, 1.82) is 0 Å². The van der Waals surface area contributed by atoms with E-state index in [1.54, 1.807) is 11.3 Å². The molecule has 2 aromatic rings. The average molecular weight is 645 g/mol. The van der Waals surface area contributed by atoms with Gasteiger partial charge >= 0.3 is 0 Å². The van der Waals surface area contributed by atoms with Crippen molar-refractivity contribution in [3.8, 4) is 9.75 Å². The molecular weight excluding hydrogens is 600 g/mol. The third-order valence-corrected chi connectivity index (χ3v) is 11.3. The Kier molecular flexibility index (Phi) is 11.2. The molecule has 1 aliphatic rings. The van der Waals surface area contributed by atoms with Crippen LogP contribution in [0.15, 0.2) is 19.7 Å². The molecule has 0 amide bonds. The molecule has 0 aromatic carbocycles. The van der Waals surface area contributed by atoms with Crippen molar-refractivity contribution >= 4 is 60.3 Å². The fraction of sp³-hybridized carbons (Fsp3) is 0.700. The molecule has 196 valence electrons. The lowest BCUT2D eigenvalue weighted by atomic mass is 9.64. The van der Waals surface area contributed by atoms with Gasteiger partial charge in [-0.2, -0.15) is 0 Å². The minimum atomic E-state index is -0.385. The Morgan fingerprint density at radius 1 is 0.714 bits per heavy atom. The molecule has 0 saturated heterocycles. The lowest BCUT2D eigenvalue weighted by molar-refractivity contribution is 0.0846. The van der Waals surface area contributed by atoms with Crippen LogP contribution in [0.4, 0.5) is 0 Å². The summed E-state index contributed by atoms with van der Waals surface area (Å²) in [7, 11) is 0. The highest BCUT2D eigenvalue weighted by Gasteiger charge is 2.47. The lowest BCUT2D eigenvalue weighted by Gasteiger charge is -2.37. The van der Waals surface area contributed by atoms with E-state index in [1.165, 1.54) is 49.0 Å². The van der Waals surface area contributed by atoms with Gasteiger partial charge in [0.25, 0.3) is 0 Å². The molecular formula is C30H44Br2OS2. The van der Waals surface area contributed by atoms with Gasteiger partial charge in [-0.05, 0) is 98.9 Å². The van der Waals surface area contributed by atoms with Crippen LogP contribution in [0.3, 0.4) is 0 Å². The summed E-state index contributed by atoms with van der Waals surface area (Å²) in [6, 6.07) is 4.37. The van der Waals surface area contributed by atoms with Crippen molar-refractivity contribution in [1.82, 2.24) is 0 Å². The highest BCUT2D eigenvalue weighted by molar-refractivity contribution is 9.11. The number of Topliss-reactive ketones (excluding diaryl/α,β-unsaturated/α-hetero) is 1. The highest BCUT2D eigenvalue weighted by Crippen LogP contribution is 2.55. The quantitative estimate of drug-likeness (QED) is 0.200. The SMILES string of the molecule is CC(C)CCCC(C)CCC1(CCC(C)CCCC(C)C)C(=O)c2cc(Br)sc2-c2sc(Br)cc21. The van der Waals surface area contributed by atoms with Gasteiger partial charge < -0.3 is 0 Å². The maximum absolute atomic E-state index is 14.3. The highest BCUT2D eigenvalue weighted by atomic mass is 79.9. The predicted octanol–water partition coefficient (Wildman–Crippen LogP) is 11.9. The molecule has 0 spiro atoms. The summed E-state index contributed by atoms with van der Waals surface area (Å²) in [5.41, 5.74) is 1.86. The molecule has 2 heterocycles. The van der Waals surface area contributed by atoms with Crippen LogP contribution in [0.5, 0.6) is 0 Å². The smallest absolute Gasteiger partial charge is 0.174 e. The zero-order valence-electron chi connectivity index (χ0n) is 22.5. The van der Waals surface area contributed by atoms with Crippen molar-refractivity contribution in [3.05, 3.63) is 30.8 Å². The number of ketones is 1. The maximum Gasteiger partial charge on any atom is 0.174 e. The van der Waals surface area contributed by atoms with Gasteiger partial charge in [0.1, 0.15) is 0 Å². The van der Waals surface area contributed by atoms with E-state index in [9.17, 15) is 4.79 Å². The van der Waals surface area contributed by atoms with E-state index in [-0.39, 0.29) is 5.41 Å². The fourth-order valence-electron chi connectivity index (χ4n) is 5.61. The number of thiophene rings is 2. The van der Waals surface area contributed by atoms with E-state index in [2.05, 4.69) is 85.5 Å². The van der Waals surface area contributed by atoms with E-state index in [0.717, 1.165) is 55.5 Å². The minimum Gasteiger partial charge on any atom is -0.293 e. The fourth-order valence-corrected chi connectivity index (χ4v) is 9.06. The van der Waals surface area contributed by atoms with Gasteiger partial charge in [-0.15, -0.1) is 22.7 Å². The number of carbonyl (C=O) groups excluding carboxylic acids is 1. The molecule has 0 saturated carbocycles. The second kappa shape index (κ2) is 13.2. The Labute approximate surface area is 239 Å². The number of hydrogen-bond acceptors (Lipinski definition) is 3. The van der Waals surface area contributed by atoms with Crippen molar-refractivity contribution in [2.45, 2.75) is 111 Å². The Balaban J connectivity index is 1.85.